The summed E-state index contributed by atoms with van der Waals surface area (Å²) in [5, 5.41) is 5.25. The summed E-state index contributed by atoms with van der Waals surface area (Å²) in [5.74, 6) is -4.80. The highest BCUT2D eigenvalue weighted by molar-refractivity contribution is 7.91. The van der Waals surface area contributed by atoms with Crippen molar-refractivity contribution in [3.63, 3.8) is 0 Å². The molecule has 59 heavy (non-hydrogen) atoms. The van der Waals surface area contributed by atoms with Gasteiger partial charge in [0.2, 0.25) is 34.1 Å². The summed E-state index contributed by atoms with van der Waals surface area (Å²) in [5.41, 5.74) is -2.00. The predicted octanol–water partition coefficient (Wildman–Crippen LogP) is 4.78. The zero-order chi connectivity index (χ0) is 42.4. The van der Waals surface area contributed by atoms with Gasteiger partial charge >= 0.3 is 6.09 Å². The number of benzene rings is 1. The number of fused-ring (bicyclic) bond motifs is 7. The van der Waals surface area contributed by atoms with E-state index in [4.69, 9.17) is 14.5 Å². The summed E-state index contributed by atoms with van der Waals surface area (Å²) >= 11 is 0. The minimum absolute atomic E-state index is 0.0925. The highest BCUT2D eigenvalue weighted by Crippen LogP contribution is 2.58. The molecule has 6 aliphatic rings. The molecule has 4 amide bonds. The lowest BCUT2D eigenvalue weighted by Gasteiger charge is -2.36. The van der Waals surface area contributed by atoms with Crippen LogP contribution in [0.5, 0.6) is 5.88 Å². The number of carbonyl (C=O) groups excluding carboxylic acids is 4. The van der Waals surface area contributed by atoms with Crippen LogP contribution >= 0.6 is 0 Å². The molecule has 14 nitrogen and oxygen atoms in total. The molecule has 3 N–H and O–H groups in total. The third kappa shape index (κ3) is 7.82. The molecule has 1 unspecified atom stereocenters. The van der Waals surface area contributed by atoms with Crippen molar-refractivity contribution in [1.29, 1.82) is 0 Å². The first-order valence-electron chi connectivity index (χ1n) is 20.8. The molecule has 2 aromatic rings. The van der Waals surface area contributed by atoms with Gasteiger partial charge in [0.1, 0.15) is 41.3 Å². The quantitative estimate of drug-likeness (QED) is 0.366. The summed E-state index contributed by atoms with van der Waals surface area (Å²) in [6, 6.07) is 1.37. The third-order valence-electron chi connectivity index (χ3n) is 13.8. The van der Waals surface area contributed by atoms with E-state index in [-0.39, 0.29) is 42.8 Å². The van der Waals surface area contributed by atoms with Crippen molar-refractivity contribution >= 4 is 44.9 Å². The molecule has 1 aromatic carbocycles. The molecule has 10 atom stereocenters. The summed E-state index contributed by atoms with van der Waals surface area (Å²) in [6.45, 7) is 8.06. The molecule has 2 bridgehead atoms. The molecule has 2 aliphatic heterocycles. The normalized spacial score (nSPS) is 34.3. The predicted molar refractivity (Wildman–Crippen MR) is 207 cm³/mol. The number of aryl methyl sites for hydroxylation is 1. The average Bonchev–Trinajstić information content (AvgIpc) is 4.10. The van der Waals surface area contributed by atoms with Crippen LogP contribution in [0, 0.1) is 40.8 Å². The van der Waals surface area contributed by atoms with Gasteiger partial charge in [-0.1, -0.05) is 40.5 Å². The number of nitrogens with one attached hydrogen (secondary N) is 3. The van der Waals surface area contributed by atoms with Crippen LogP contribution in [0.1, 0.15) is 98.1 Å². The summed E-state index contributed by atoms with van der Waals surface area (Å²) < 4.78 is 82.5. The zero-order valence-corrected chi connectivity index (χ0v) is 34.7. The molecule has 8 rings (SSSR count). The van der Waals surface area contributed by atoms with Gasteiger partial charge in [0, 0.05) is 12.0 Å². The van der Waals surface area contributed by atoms with Gasteiger partial charge in [-0.05, 0) is 93.6 Å². The number of ether oxygens (including phenoxy) is 2. The number of rotatable bonds is 6. The van der Waals surface area contributed by atoms with Gasteiger partial charge in [0.05, 0.1) is 28.2 Å². The van der Waals surface area contributed by atoms with Crippen LogP contribution in [-0.4, -0.2) is 94.6 Å². The minimum atomic E-state index is -4.26. The van der Waals surface area contributed by atoms with Gasteiger partial charge in [0.15, 0.2) is 0 Å². The van der Waals surface area contributed by atoms with E-state index in [1.807, 2.05) is 4.72 Å². The fourth-order valence-electron chi connectivity index (χ4n) is 9.59. The van der Waals surface area contributed by atoms with Crippen molar-refractivity contribution in [2.75, 3.05) is 6.54 Å². The smallest absolute Gasteiger partial charge is 0.408 e. The SMILES string of the molecule is C[C@@H]1[C@@H]2CN(C(=O)[C@H](C(C)(C)C)NC(=O)O[C@@H]3C[C@@H]4CC4[C@H]3CCCCCc3nc4ccc(F)cc4nc3O2)[C@@H]1C(=O)N[C@]1(C(=O)NS(=O)(=O)C2(C)CC2)C[C@H]1C(F)F. The van der Waals surface area contributed by atoms with Crippen molar-refractivity contribution in [3.8, 4) is 5.88 Å². The molecule has 1 aromatic heterocycles. The van der Waals surface area contributed by atoms with Crippen molar-refractivity contribution in [2.24, 2.45) is 35.0 Å². The molecule has 1 saturated heterocycles. The lowest BCUT2D eigenvalue weighted by atomic mass is 9.85. The van der Waals surface area contributed by atoms with Crippen LogP contribution in [0.4, 0.5) is 18.0 Å². The van der Waals surface area contributed by atoms with Gasteiger partial charge in [-0.15, -0.1) is 0 Å². The number of alkyl carbamates (subject to hydrolysis) is 1. The number of halogens is 3. The van der Waals surface area contributed by atoms with E-state index in [0.29, 0.717) is 29.5 Å². The molecule has 3 heterocycles. The van der Waals surface area contributed by atoms with E-state index in [1.54, 1.807) is 27.7 Å². The Bertz CT molecular complexity index is 2170. The minimum Gasteiger partial charge on any atom is -0.471 e. The van der Waals surface area contributed by atoms with Crippen LogP contribution < -0.4 is 20.1 Å². The first-order chi connectivity index (χ1) is 27.7. The number of amides is 4. The van der Waals surface area contributed by atoms with E-state index in [1.165, 1.54) is 30.0 Å². The number of hydrogen-bond donors (Lipinski definition) is 3. The van der Waals surface area contributed by atoms with E-state index >= 15 is 0 Å². The summed E-state index contributed by atoms with van der Waals surface area (Å²) in [7, 11) is -4.26. The molecule has 0 radical (unpaired) electrons. The molecule has 4 aliphatic carbocycles. The molecule has 18 heteroatoms. The lowest BCUT2D eigenvalue weighted by Crippen LogP contribution is -2.61. The number of hydrogen-bond acceptors (Lipinski definition) is 10. The number of sulfonamides is 1. The highest BCUT2D eigenvalue weighted by Gasteiger charge is 2.68. The Balaban J connectivity index is 1.15. The van der Waals surface area contributed by atoms with Gasteiger partial charge in [-0.3, -0.25) is 19.1 Å². The molecular weight excluding hydrogens is 794 g/mol. The van der Waals surface area contributed by atoms with Crippen molar-refractivity contribution in [1.82, 2.24) is 30.2 Å². The van der Waals surface area contributed by atoms with E-state index in [2.05, 4.69) is 15.6 Å². The fourth-order valence-corrected chi connectivity index (χ4v) is 10.9. The molecule has 0 spiro atoms. The van der Waals surface area contributed by atoms with Crippen LogP contribution in [0.15, 0.2) is 18.2 Å². The van der Waals surface area contributed by atoms with Crippen molar-refractivity contribution in [3.05, 3.63) is 29.7 Å². The average molecular weight is 847 g/mol. The van der Waals surface area contributed by atoms with Crippen molar-refractivity contribution < 1.29 is 50.2 Å². The maximum atomic E-state index is 14.9. The Morgan fingerprint density at radius 3 is 2.44 bits per heavy atom. The Morgan fingerprint density at radius 2 is 1.76 bits per heavy atom. The first-order valence-corrected chi connectivity index (χ1v) is 22.3. The Morgan fingerprint density at radius 1 is 1.02 bits per heavy atom. The Labute approximate surface area is 341 Å². The van der Waals surface area contributed by atoms with Crippen LogP contribution in [0.3, 0.4) is 0 Å². The first kappa shape index (κ1) is 41.5. The van der Waals surface area contributed by atoms with Gasteiger partial charge in [0.25, 0.3) is 5.91 Å². The monoisotopic (exact) mass is 846 g/mol. The third-order valence-corrected chi connectivity index (χ3v) is 16.0. The summed E-state index contributed by atoms with van der Waals surface area (Å²) in [4.78, 5) is 67.4. The van der Waals surface area contributed by atoms with E-state index in [9.17, 15) is 40.8 Å². The lowest BCUT2D eigenvalue weighted by molar-refractivity contribution is -0.143. The molecule has 5 fully saturated rings. The molecule has 322 valence electrons. The maximum absolute atomic E-state index is 14.9. The Hall–Kier alpha value is -4.22. The highest BCUT2D eigenvalue weighted by atomic mass is 32.2. The second kappa shape index (κ2) is 14.8. The van der Waals surface area contributed by atoms with Gasteiger partial charge in [-0.25, -0.2) is 36.4 Å². The Kier molecular flexibility index (Phi) is 10.4. The second-order valence-corrected chi connectivity index (χ2v) is 21.3. The van der Waals surface area contributed by atoms with Gasteiger partial charge < -0.3 is 25.0 Å². The zero-order valence-electron chi connectivity index (χ0n) is 33.9. The summed E-state index contributed by atoms with van der Waals surface area (Å²) in [6.07, 6.45) is 0.542. The van der Waals surface area contributed by atoms with Crippen LogP contribution in [0.25, 0.3) is 11.0 Å². The van der Waals surface area contributed by atoms with Gasteiger partial charge in [-0.2, -0.15) is 0 Å². The number of nitrogens with zero attached hydrogens (tertiary/aromatic N) is 3. The molecular formula is C41H53F3N6O8S. The topological polar surface area (TPSA) is 186 Å². The number of carbonyl (C=O) groups is 4. The maximum Gasteiger partial charge on any atom is 0.408 e. The number of aromatic nitrogens is 2. The standard InChI is InChI=1S/C41H53F3N6O8S/c1-20-30-19-50(31(20)34(51)48-41(18-25(41)33(43)44)37(53)49-59(55,56)40(5)13-14-40)36(52)32(39(2,3)4)47-38(54)58-29-16-21-15-24(21)23(29)9-7-6-8-10-27-35(57-30)46-28-17-22(42)11-12-26(28)45-27/h11-12,17,20-21,23-25,29-33H,6-10,13-16,18-19H2,1-5H3,(H,47,54)(H,48,51)(H,49,53)/t20-,21+,23-,24?,25+,29-,30+,31+,32-,41-/m1/s1. The fraction of sp³-hybridized carbons (Fsp3) is 0.707. The van der Waals surface area contributed by atoms with E-state index in [0.717, 1.165) is 38.5 Å². The van der Waals surface area contributed by atoms with Crippen LogP contribution in [-0.2, 0) is 35.6 Å². The number of alkyl halides is 2. The van der Waals surface area contributed by atoms with Crippen LogP contribution in [0.2, 0.25) is 0 Å². The van der Waals surface area contributed by atoms with E-state index < -0.39 is 98.2 Å². The largest absolute Gasteiger partial charge is 0.471 e. The second-order valence-electron chi connectivity index (χ2n) is 19.1. The molecule has 4 saturated carbocycles. The van der Waals surface area contributed by atoms with Crippen molar-refractivity contribution in [2.45, 2.75) is 140 Å².